The van der Waals surface area contributed by atoms with E-state index in [1.807, 2.05) is 6.07 Å². The van der Waals surface area contributed by atoms with Gasteiger partial charge < -0.3 is 5.73 Å². The molecule has 14 heavy (non-hydrogen) atoms. The Balaban J connectivity index is 2.75. The van der Waals surface area contributed by atoms with Gasteiger partial charge in [-0.3, -0.25) is 0 Å². The van der Waals surface area contributed by atoms with Crippen LogP contribution in [0.15, 0.2) is 23.1 Å². The summed E-state index contributed by atoms with van der Waals surface area (Å²) in [4.78, 5) is 0.927. The Morgan fingerprint density at radius 3 is 2.43 bits per heavy atom. The minimum atomic E-state index is -0.251. The quantitative estimate of drug-likeness (QED) is 0.609. The van der Waals surface area contributed by atoms with Crippen LogP contribution in [0.2, 0.25) is 0 Å². The number of benzene rings is 1. The lowest BCUT2D eigenvalue weighted by Gasteiger charge is -2.11. The molecule has 3 heteroatoms. The number of halogens is 1. The normalized spacial score (nSPS) is 10.9. The molecule has 0 unspecified atom stereocenters. The molecule has 0 radical (unpaired) electrons. The second-order valence-corrected chi connectivity index (χ2v) is 4.65. The minimum absolute atomic E-state index is 0.251. The van der Waals surface area contributed by atoms with Crippen LogP contribution < -0.4 is 5.73 Å². The van der Waals surface area contributed by atoms with Crippen LogP contribution in [0.3, 0.4) is 0 Å². The van der Waals surface area contributed by atoms with Gasteiger partial charge >= 0.3 is 0 Å². The summed E-state index contributed by atoms with van der Waals surface area (Å²) in [6, 6.07) is 4.71. The highest BCUT2D eigenvalue weighted by Gasteiger charge is 2.06. The van der Waals surface area contributed by atoms with E-state index in [0.717, 1.165) is 17.7 Å². The van der Waals surface area contributed by atoms with Crippen molar-refractivity contribution in [1.82, 2.24) is 0 Å². The van der Waals surface area contributed by atoms with Crippen LogP contribution in [0.1, 0.15) is 26.7 Å². The molecule has 0 aromatic heterocycles. The molecular weight excluding hydrogens is 197 g/mol. The first-order chi connectivity index (χ1) is 6.65. The molecule has 0 bridgehead atoms. The van der Waals surface area contributed by atoms with Crippen LogP contribution >= 0.6 is 11.8 Å². The molecule has 0 aliphatic rings. The number of hydrogen-bond acceptors (Lipinski definition) is 2. The Morgan fingerprint density at radius 2 is 1.93 bits per heavy atom. The van der Waals surface area contributed by atoms with Crippen LogP contribution in [-0.2, 0) is 0 Å². The fourth-order valence-electron chi connectivity index (χ4n) is 1.30. The second-order valence-electron chi connectivity index (χ2n) is 3.28. The molecule has 1 rings (SSSR count). The van der Waals surface area contributed by atoms with Crippen LogP contribution in [-0.4, -0.2) is 5.25 Å². The number of rotatable bonds is 4. The summed E-state index contributed by atoms with van der Waals surface area (Å²) < 4.78 is 13.0. The first-order valence-electron chi connectivity index (χ1n) is 4.88. The summed E-state index contributed by atoms with van der Waals surface area (Å²) in [6.45, 7) is 4.29. The van der Waals surface area contributed by atoms with Gasteiger partial charge in [0.15, 0.2) is 0 Å². The highest BCUT2D eigenvalue weighted by Crippen LogP contribution is 2.29. The van der Waals surface area contributed by atoms with Crippen LogP contribution in [0.4, 0.5) is 10.1 Å². The monoisotopic (exact) mass is 213 g/mol. The Morgan fingerprint density at radius 1 is 1.29 bits per heavy atom. The molecule has 0 fully saturated rings. The standard InChI is InChI=1S/C11H16FNS/c1-3-10(4-2)14-11-6-8(12)5-9(13)7-11/h5-7,10H,3-4,13H2,1-2H3. The average molecular weight is 213 g/mol. The maximum absolute atomic E-state index is 13.0. The molecule has 0 aliphatic heterocycles. The average Bonchev–Trinajstić information content (AvgIpc) is 2.12. The Bertz CT molecular complexity index is 277. The zero-order valence-corrected chi connectivity index (χ0v) is 9.40. The van der Waals surface area contributed by atoms with E-state index in [-0.39, 0.29) is 5.82 Å². The number of anilines is 1. The van der Waals surface area contributed by atoms with Gasteiger partial charge in [-0.25, -0.2) is 4.39 Å². The van der Waals surface area contributed by atoms with Gasteiger partial charge in [0, 0.05) is 15.8 Å². The van der Waals surface area contributed by atoms with Crippen molar-refractivity contribution in [2.45, 2.75) is 36.8 Å². The summed E-state index contributed by atoms with van der Waals surface area (Å²) in [5, 5.41) is 0.552. The minimum Gasteiger partial charge on any atom is -0.399 e. The van der Waals surface area contributed by atoms with Crippen molar-refractivity contribution < 1.29 is 4.39 Å². The molecule has 0 heterocycles. The summed E-state index contributed by atoms with van der Waals surface area (Å²) in [7, 11) is 0. The van der Waals surface area contributed by atoms with Gasteiger partial charge in [-0.15, -0.1) is 11.8 Å². The van der Waals surface area contributed by atoms with Gasteiger partial charge in [0.1, 0.15) is 5.82 Å². The van der Waals surface area contributed by atoms with E-state index < -0.39 is 0 Å². The van der Waals surface area contributed by atoms with E-state index in [2.05, 4.69) is 13.8 Å². The number of thioether (sulfide) groups is 1. The zero-order chi connectivity index (χ0) is 10.6. The molecule has 1 aromatic carbocycles. The predicted octanol–water partition coefficient (Wildman–Crippen LogP) is 3.69. The van der Waals surface area contributed by atoms with Gasteiger partial charge in [-0.05, 0) is 31.0 Å². The van der Waals surface area contributed by atoms with Crippen molar-refractivity contribution in [3.8, 4) is 0 Å². The number of nitrogen functional groups attached to an aromatic ring is 1. The third-order valence-electron chi connectivity index (χ3n) is 2.11. The van der Waals surface area contributed by atoms with E-state index in [4.69, 9.17) is 5.73 Å². The second kappa shape index (κ2) is 5.25. The maximum Gasteiger partial charge on any atom is 0.126 e. The van der Waals surface area contributed by atoms with Gasteiger partial charge in [0.05, 0.1) is 0 Å². The molecule has 0 atom stereocenters. The number of hydrogen-bond donors (Lipinski definition) is 1. The third kappa shape index (κ3) is 3.22. The van der Waals surface area contributed by atoms with Gasteiger partial charge in [0.2, 0.25) is 0 Å². The molecule has 0 aliphatic carbocycles. The molecule has 0 amide bonds. The summed E-state index contributed by atoms with van der Waals surface area (Å²) in [6.07, 6.45) is 2.19. The van der Waals surface area contributed by atoms with Crippen molar-refractivity contribution in [2.24, 2.45) is 0 Å². The van der Waals surface area contributed by atoms with E-state index in [9.17, 15) is 4.39 Å². The first kappa shape index (κ1) is 11.4. The lowest BCUT2D eigenvalue weighted by atomic mass is 10.3. The van der Waals surface area contributed by atoms with Crippen molar-refractivity contribution in [3.63, 3.8) is 0 Å². The molecule has 2 N–H and O–H groups in total. The van der Waals surface area contributed by atoms with E-state index in [1.165, 1.54) is 6.07 Å². The predicted molar refractivity (Wildman–Crippen MR) is 61.0 cm³/mol. The zero-order valence-electron chi connectivity index (χ0n) is 8.59. The highest BCUT2D eigenvalue weighted by molar-refractivity contribution is 8.00. The summed E-state index contributed by atoms with van der Waals surface area (Å²) in [5.74, 6) is -0.251. The van der Waals surface area contributed by atoms with E-state index in [0.29, 0.717) is 10.9 Å². The van der Waals surface area contributed by atoms with E-state index >= 15 is 0 Å². The van der Waals surface area contributed by atoms with Crippen molar-refractivity contribution >= 4 is 17.4 Å². The lowest BCUT2D eigenvalue weighted by molar-refractivity contribution is 0.625. The Kier molecular flexibility index (Phi) is 4.26. The molecule has 1 nitrogen and oxygen atoms in total. The van der Waals surface area contributed by atoms with Gasteiger partial charge in [-0.1, -0.05) is 13.8 Å². The molecule has 78 valence electrons. The van der Waals surface area contributed by atoms with E-state index in [1.54, 1.807) is 17.8 Å². The largest absolute Gasteiger partial charge is 0.399 e. The number of nitrogens with two attached hydrogens (primary N) is 1. The van der Waals surface area contributed by atoms with Crippen LogP contribution in [0.25, 0.3) is 0 Å². The van der Waals surface area contributed by atoms with Gasteiger partial charge in [-0.2, -0.15) is 0 Å². The molecule has 1 aromatic rings. The molecule has 0 saturated carbocycles. The highest BCUT2D eigenvalue weighted by atomic mass is 32.2. The summed E-state index contributed by atoms with van der Waals surface area (Å²) >= 11 is 1.70. The molecule has 0 spiro atoms. The SMILES string of the molecule is CCC(CC)Sc1cc(N)cc(F)c1. The Hall–Kier alpha value is -0.700. The first-order valence-corrected chi connectivity index (χ1v) is 5.76. The molecular formula is C11H16FNS. The van der Waals surface area contributed by atoms with Crippen LogP contribution in [0, 0.1) is 5.82 Å². The van der Waals surface area contributed by atoms with Crippen molar-refractivity contribution in [2.75, 3.05) is 5.73 Å². The topological polar surface area (TPSA) is 26.0 Å². The van der Waals surface area contributed by atoms with Gasteiger partial charge in [0.25, 0.3) is 0 Å². The van der Waals surface area contributed by atoms with Crippen LogP contribution in [0.5, 0.6) is 0 Å². The lowest BCUT2D eigenvalue weighted by Crippen LogP contribution is -1.98. The Labute approximate surface area is 88.9 Å². The smallest absolute Gasteiger partial charge is 0.126 e. The molecule has 0 saturated heterocycles. The van der Waals surface area contributed by atoms with Crippen molar-refractivity contribution in [1.29, 1.82) is 0 Å². The fourth-order valence-corrected chi connectivity index (χ4v) is 2.40. The van der Waals surface area contributed by atoms with Crippen molar-refractivity contribution in [3.05, 3.63) is 24.0 Å². The summed E-state index contributed by atoms with van der Waals surface area (Å²) in [5.41, 5.74) is 6.06. The maximum atomic E-state index is 13.0. The third-order valence-corrected chi connectivity index (χ3v) is 3.61. The fraction of sp³-hybridized carbons (Fsp3) is 0.455.